The molecule has 0 aliphatic heterocycles. The van der Waals surface area contributed by atoms with Crippen molar-refractivity contribution in [3.05, 3.63) is 45.9 Å². The quantitative estimate of drug-likeness (QED) is 0.683. The summed E-state index contributed by atoms with van der Waals surface area (Å²) in [4.78, 5) is 8.10. The smallest absolute Gasteiger partial charge is 0.147 e. The number of rotatable bonds is 3. The molecule has 5 heteroatoms. The Morgan fingerprint density at radius 2 is 2.00 bits per heavy atom. The van der Waals surface area contributed by atoms with Gasteiger partial charge in [0.2, 0.25) is 0 Å². The first kappa shape index (κ1) is 11.6. The molecule has 1 N–H and O–H groups in total. The van der Waals surface area contributed by atoms with Crippen molar-refractivity contribution in [2.75, 3.05) is 5.32 Å². The monoisotopic (exact) mass is 345 g/mol. The number of benzene rings is 1. The predicted octanol–water partition coefficient (Wildman–Crippen LogP) is 3.56. The van der Waals surface area contributed by atoms with Crippen LogP contribution in [0.2, 0.25) is 0 Å². The fraction of sp³-hybridized carbons (Fsp3) is 0.0909. The van der Waals surface area contributed by atoms with Gasteiger partial charge < -0.3 is 5.32 Å². The zero-order valence-electron chi connectivity index (χ0n) is 8.32. The van der Waals surface area contributed by atoms with E-state index in [4.69, 9.17) is 11.6 Å². The fourth-order valence-electron chi connectivity index (χ4n) is 1.22. The normalized spacial score (nSPS) is 10.1. The van der Waals surface area contributed by atoms with Crippen LogP contribution in [-0.2, 0) is 5.88 Å². The lowest BCUT2D eigenvalue weighted by atomic mass is 10.2. The van der Waals surface area contributed by atoms with Gasteiger partial charge in [0.15, 0.2) is 0 Å². The Balaban J connectivity index is 2.18. The summed E-state index contributed by atoms with van der Waals surface area (Å²) >= 11 is 7.92. The first-order valence-corrected chi connectivity index (χ1v) is 6.28. The van der Waals surface area contributed by atoms with Gasteiger partial charge in [0, 0.05) is 17.8 Å². The maximum Gasteiger partial charge on any atom is 0.147 e. The third kappa shape index (κ3) is 2.82. The number of nitrogens with one attached hydrogen (secondary N) is 1. The van der Waals surface area contributed by atoms with Gasteiger partial charge in [-0.05, 0) is 40.3 Å². The Morgan fingerprint density at radius 1 is 1.25 bits per heavy atom. The van der Waals surface area contributed by atoms with Gasteiger partial charge >= 0.3 is 0 Å². The van der Waals surface area contributed by atoms with Crippen molar-refractivity contribution in [3.63, 3.8) is 0 Å². The number of nitrogens with zero attached hydrogens (tertiary/aromatic N) is 2. The van der Waals surface area contributed by atoms with E-state index in [9.17, 15) is 0 Å². The summed E-state index contributed by atoms with van der Waals surface area (Å²) in [5.41, 5.74) is 2.09. The second kappa shape index (κ2) is 5.45. The number of hydrogen-bond donors (Lipinski definition) is 1. The number of alkyl halides is 1. The standard InChI is InChI=1S/C11H9ClIN3/c12-5-8-1-3-9(4-2-8)16-11-10(13)6-14-7-15-11/h1-4,6-7H,5H2,(H,14,15,16). The molecule has 0 unspecified atom stereocenters. The van der Waals surface area contributed by atoms with Crippen LogP contribution in [0.25, 0.3) is 0 Å². The molecule has 1 heterocycles. The summed E-state index contributed by atoms with van der Waals surface area (Å²) in [6.07, 6.45) is 3.29. The van der Waals surface area contributed by atoms with E-state index in [1.165, 1.54) is 6.33 Å². The van der Waals surface area contributed by atoms with E-state index in [-0.39, 0.29) is 0 Å². The molecule has 3 nitrogen and oxygen atoms in total. The van der Waals surface area contributed by atoms with Crippen molar-refractivity contribution >= 4 is 45.7 Å². The largest absolute Gasteiger partial charge is 0.339 e. The molecule has 0 atom stereocenters. The van der Waals surface area contributed by atoms with Crippen LogP contribution < -0.4 is 5.32 Å². The summed E-state index contributed by atoms with van der Waals surface area (Å²) in [6.45, 7) is 0. The van der Waals surface area contributed by atoms with E-state index in [2.05, 4.69) is 37.9 Å². The van der Waals surface area contributed by atoms with Crippen LogP contribution >= 0.6 is 34.2 Å². The van der Waals surface area contributed by atoms with Gasteiger partial charge in [-0.25, -0.2) is 9.97 Å². The SMILES string of the molecule is ClCc1ccc(Nc2ncncc2I)cc1. The summed E-state index contributed by atoms with van der Waals surface area (Å²) in [6, 6.07) is 7.94. The molecule has 0 saturated heterocycles. The fourth-order valence-corrected chi connectivity index (χ4v) is 1.83. The van der Waals surface area contributed by atoms with Gasteiger partial charge in [-0.15, -0.1) is 11.6 Å². The maximum absolute atomic E-state index is 5.72. The van der Waals surface area contributed by atoms with Crippen LogP contribution in [0.4, 0.5) is 11.5 Å². The minimum absolute atomic E-state index is 0.533. The Labute approximate surface area is 112 Å². The van der Waals surface area contributed by atoms with Crippen LogP contribution in [0.1, 0.15) is 5.56 Å². The molecule has 0 amide bonds. The predicted molar refractivity (Wildman–Crippen MR) is 74.0 cm³/mol. The van der Waals surface area contributed by atoms with E-state index >= 15 is 0 Å². The number of anilines is 2. The van der Waals surface area contributed by atoms with E-state index in [0.717, 1.165) is 20.6 Å². The van der Waals surface area contributed by atoms with E-state index < -0.39 is 0 Å². The Morgan fingerprint density at radius 3 is 2.62 bits per heavy atom. The van der Waals surface area contributed by atoms with Crippen molar-refractivity contribution in [2.24, 2.45) is 0 Å². The van der Waals surface area contributed by atoms with E-state index in [1.54, 1.807) is 6.20 Å². The molecule has 0 fully saturated rings. The number of halogens is 2. The van der Waals surface area contributed by atoms with Gasteiger partial charge in [-0.1, -0.05) is 12.1 Å². The Bertz CT molecular complexity index is 473. The van der Waals surface area contributed by atoms with Crippen LogP contribution in [0.5, 0.6) is 0 Å². The van der Waals surface area contributed by atoms with Crippen molar-refractivity contribution in [1.82, 2.24) is 9.97 Å². The first-order valence-electron chi connectivity index (χ1n) is 4.67. The van der Waals surface area contributed by atoms with Gasteiger partial charge in [0.1, 0.15) is 12.1 Å². The molecular formula is C11H9ClIN3. The summed E-state index contributed by atoms with van der Waals surface area (Å²) in [5, 5.41) is 3.22. The second-order valence-corrected chi connectivity index (χ2v) is 4.60. The lowest BCUT2D eigenvalue weighted by Crippen LogP contribution is -1.96. The highest BCUT2D eigenvalue weighted by Gasteiger charge is 2.00. The lowest BCUT2D eigenvalue weighted by molar-refractivity contribution is 1.15. The number of aromatic nitrogens is 2. The molecule has 0 radical (unpaired) electrons. The van der Waals surface area contributed by atoms with Crippen LogP contribution in [-0.4, -0.2) is 9.97 Å². The minimum atomic E-state index is 0.533. The zero-order chi connectivity index (χ0) is 11.4. The van der Waals surface area contributed by atoms with Gasteiger partial charge in [-0.2, -0.15) is 0 Å². The summed E-state index contributed by atoms with van der Waals surface area (Å²) < 4.78 is 0.988. The topological polar surface area (TPSA) is 37.8 Å². The molecule has 16 heavy (non-hydrogen) atoms. The average Bonchev–Trinajstić information content (AvgIpc) is 2.33. The molecule has 1 aromatic heterocycles. The first-order chi connectivity index (χ1) is 7.79. The molecule has 0 spiro atoms. The van der Waals surface area contributed by atoms with Gasteiger partial charge in [-0.3, -0.25) is 0 Å². The molecule has 0 aliphatic rings. The molecule has 0 aliphatic carbocycles. The molecule has 2 aromatic rings. The highest BCUT2D eigenvalue weighted by molar-refractivity contribution is 14.1. The summed E-state index contributed by atoms with van der Waals surface area (Å²) in [7, 11) is 0. The molecule has 2 rings (SSSR count). The lowest BCUT2D eigenvalue weighted by Gasteiger charge is -2.06. The van der Waals surface area contributed by atoms with Crippen molar-refractivity contribution in [1.29, 1.82) is 0 Å². The number of hydrogen-bond acceptors (Lipinski definition) is 3. The molecule has 1 aromatic carbocycles. The van der Waals surface area contributed by atoms with Crippen molar-refractivity contribution in [2.45, 2.75) is 5.88 Å². The van der Waals surface area contributed by atoms with Crippen molar-refractivity contribution in [3.8, 4) is 0 Å². The van der Waals surface area contributed by atoms with Crippen LogP contribution in [0, 0.1) is 3.57 Å². The third-order valence-electron chi connectivity index (χ3n) is 2.04. The second-order valence-electron chi connectivity index (χ2n) is 3.17. The van der Waals surface area contributed by atoms with Crippen LogP contribution in [0.3, 0.4) is 0 Å². The van der Waals surface area contributed by atoms with Gasteiger partial charge in [0.25, 0.3) is 0 Å². The van der Waals surface area contributed by atoms with Crippen LogP contribution in [0.15, 0.2) is 36.8 Å². The zero-order valence-corrected chi connectivity index (χ0v) is 11.2. The van der Waals surface area contributed by atoms with Crippen molar-refractivity contribution < 1.29 is 0 Å². The third-order valence-corrected chi connectivity index (χ3v) is 3.14. The Kier molecular flexibility index (Phi) is 3.95. The van der Waals surface area contributed by atoms with E-state index in [1.807, 2.05) is 24.3 Å². The highest BCUT2D eigenvalue weighted by Crippen LogP contribution is 2.19. The molecule has 82 valence electrons. The Hall–Kier alpha value is -0.880. The molecular weight excluding hydrogens is 336 g/mol. The van der Waals surface area contributed by atoms with Gasteiger partial charge in [0.05, 0.1) is 3.57 Å². The highest BCUT2D eigenvalue weighted by atomic mass is 127. The summed E-state index contributed by atoms with van der Waals surface area (Å²) in [5.74, 6) is 1.35. The molecule has 0 saturated carbocycles. The maximum atomic E-state index is 5.72. The molecule has 0 bridgehead atoms. The minimum Gasteiger partial charge on any atom is -0.339 e. The van der Waals surface area contributed by atoms with E-state index in [0.29, 0.717) is 5.88 Å². The average molecular weight is 346 g/mol.